The molecule has 1 aliphatic rings. The van der Waals surface area contributed by atoms with Crippen LogP contribution in [0, 0.1) is 10.5 Å². The van der Waals surface area contributed by atoms with Gasteiger partial charge in [0.2, 0.25) is 0 Å². The topological polar surface area (TPSA) is 38.3 Å². The molecule has 1 N–H and O–H groups in total. The van der Waals surface area contributed by atoms with Crippen LogP contribution in [0.15, 0.2) is 59.1 Å². The Hall–Kier alpha value is -2.12. The number of benzene rings is 3. The van der Waals surface area contributed by atoms with Crippen molar-refractivity contribution in [2.45, 2.75) is 39.7 Å². The lowest BCUT2D eigenvalue weighted by atomic mass is 9.85. The molecule has 0 bridgehead atoms. The molecule has 5 heteroatoms. The second-order valence-electron chi connectivity index (χ2n) is 9.01. The smallest absolute Gasteiger partial charge is 0.256 e. The van der Waals surface area contributed by atoms with Crippen molar-refractivity contribution in [2.24, 2.45) is 0 Å². The van der Waals surface area contributed by atoms with Gasteiger partial charge in [0, 0.05) is 26.9 Å². The fourth-order valence-electron chi connectivity index (χ4n) is 3.88. The van der Waals surface area contributed by atoms with E-state index in [0.717, 1.165) is 47.3 Å². The molecule has 1 amide bonds. The van der Waals surface area contributed by atoms with Gasteiger partial charge in [-0.05, 0) is 82.0 Å². The molecule has 0 fully saturated rings. The Kier molecular flexibility index (Phi) is 6.50. The van der Waals surface area contributed by atoms with Gasteiger partial charge in [0.1, 0.15) is 12.4 Å². The average Bonchev–Trinajstić information content (AvgIpc) is 3.05. The number of rotatable bonds is 4. The highest BCUT2D eigenvalue weighted by atomic mass is 127. The van der Waals surface area contributed by atoms with E-state index in [1.165, 1.54) is 0 Å². The van der Waals surface area contributed by atoms with E-state index in [0.29, 0.717) is 12.2 Å². The van der Waals surface area contributed by atoms with E-state index in [2.05, 4.69) is 88.9 Å². The SMILES string of the molecule is Cc1c(Br)ccc2c1C(=Cc1cc(I)c(OCc3ccccc3)c(C(C)(C)C)c1)C(=O)N2. The highest BCUT2D eigenvalue weighted by Gasteiger charge is 2.28. The van der Waals surface area contributed by atoms with Crippen LogP contribution < -0.4 is 10.1 Å². The van der Waals surface area contributed by atoms with Gasteiger partial charge in [-0.1, -0.05) is 67.0 Å². The Morgan fingerprint density at radius 1 is 1.09 bits per heavy atom. The number of fused-ring (bicyclic) bond motifs is 1. The number of carbonyl (C=O) groups is 1. The van der Waals surface area contributed by atoms with E-state index in [4.69, 9.17) is 4.74 Å². The van der Waals surface area contributed by atoms with Gasteiger partial charge in [-0.3, -0.25) is 4.79 Å². The van der Waals surface area contributed by atoms with Crippen molar-refractivity contribution in [3.05, 3.63) is 90.5 Å². The van der Waals surface area contributed by atoms with Crippen molar-refractivity contribution in [2.75, 3.05) is 5.32 Å². The lowest BCUT2D eigenvalue weighted by molar-refractivity contribution is -0.110. The lowest BCUT2D eigenvalue weighted by Gasteiger charge is -2.25. The van der Waals surface area contributed by atoms with Gasteiger partial charge >= 0.3 is 0 Å². The summed E-state index contributed by atoms with van der Waals surface area (Å²) in [5.41, 5.74) is 6.69. The summed E-state index contributed by atoms with van der Waals surface area (Å²) < 4.78 is 8.33. The van der Waals surface area contributed by atoms with Crippen LogP contribution in [-0.4, -0.2) is 5.91 Å². The Bertz CT molecular complexity index is 1230. The standard InChI is InChI=1S/C27H25BrINO2/c1-16-21(28)10-11-23-24(16)19(26(31)30-23)12-18-13-20(27(2,3)4)25(22(29)14-18)32-15-17-8-6-5-7-9-17/h5-14H,15H2,1-4H3,(H,30,31). The van der Waals surface area contributed by atoms with Gasteiger partial charge < -0.3 is 10.1 Å². The van der Waals surface area contributed by atoms with Crippen LogP contribution in [0.1, 0.15) is 48.6 Å². The molecule has 0 unspecified atom stereocenters. The predicted molar refractivity (Wildman–Crippen MR) is 144 cm³/mol. The van der Waals surface area contributed by atoms with Gasteiger partial charge in [-0.2, -0.15) is 0 Å². The van der Waals surface area contributed by atoms with Crippen LogP contribution in [0.25, 0.3) is 11.6 Å². The number of halogens is 2. The first-order valence-corrected chi connectivity index (χ1v) is 12.4. The monoisotopic (exact) mass is 601 g/mol. The van der Waals surface area contributed by atoms with Crippen molar-refractivity contribution in [3.63, 3.8) is 0 Å². The Morgan fingerprint density at radius 2 is 1.81 bits per heavy atom. The fraction of sp³-hybridized carbons (Fsp3) is 0.222. The van der Waals surface area contributed by atoms with Crippen molar-refractivity contribution < 1.29 is 9.53 Å². The number of anilines is 1. The number of nitrogens with one attached hydrogen (secondary N) is 1. The molecule has 4 rings (SSSR count). The molecule has 1 aliphatic heterocycles. The zero-order valence-corrected chi connectivity index (χ0v) is 22.3. The highest BCUT2D eigenvalue weighted by Crippen LogP contribution is 2.41. The van der Waals surface area contributed by atoms with Crippen molar-refractivity contribution >= 4 is 61.8 Å². The van der Waals surface area contributed by atoms with Crippen molar-refractivity contribution in [1.82, 2.24) is 0 Å². The lowest BCUT2D eigenvalue weighted by Crippen LogP contribution is -2.15. The van der Waals surface area contributed by atoms with Gasteiger partial charge in [-0.25, -0.2) is 0 Å². The number of ether oxygens (including phenoxy) is 1. The largest absolute Gasteiger partial charge is 0.487 e. The van der Waals surface area contributed by atoms with Gasteiger partial charge in [0.15, 0.2) is 0 Å². The summed E-state index contributed by atoms with van der Waals surface area (Å²) in [4.78, 5) is 12.8. The third kappa shape index (κ3) is 4.64. The minimum absolute atomic E-state index is 0.0714. The zero-order chi connectivity index (χ0) is 23.0. The van der Waals surface area contributed by atoms with Crippen LogP contribution in [-0.2, 0) is 16.8 Å². The molecule has 0 aliphatic carbocycles. The third-order valence-corrected chi connectivity index (χ3v) is 7.23. The molecule has 0 saturated heterocycles. The first-order valence-electron chi connectivity index (χ1n) is 10.5. The van der Waals surface area contributed by atoms with E-state index >= 15 is 0 Å². The molecule has 1 heterocycles. The van der Waals surface area contributed by atoms with Crippen LogP contribution in [0.5, 0.6) is 5.75 Å². The summed E-state index contributed by atoms with van der Waals surface area (Å²) in [6.07, 6.45) is 1.99. The Balaban J connectivity index is 1.77. The molecule has 3 aromatic rings. The molecule has 0 saturated carbocycles. The van der Waals surface area contributed by atoms with E-state index < -0.39 is 0 Å². The van der Waals surface area contributed by atoms with Gasteiger partial charge in [-0.15, -0.1) is 0 Å². The summed E-state index contributed by atoms with van der Waals surface area (Å²) in [6.45, 7) is 9.10. The first-order chi connectivity index (χ1) is 15.1. The highest BCUT2D eigenvalue weighted by molar-refractivity contribution is 14.1. The minimum Gasteiger partial charge on any atom is -0.487 e. The molecular weight excluding hydrogens is 577 g/mol. The molecule has 0 atom stereocenters. The number of hydrogen-bond donors (Lipinski definition) is 1. The molecule has 0 radical (unpaired) electrons. The number of carbonyl (C=O) groups excluding carboxylic acids is 1. The summed E-state index contributed by atoms with van der Waals surface area (Å²) in [7, 11) is 0. The molecule has 3 nitrogen and oxygen atoms in total. The second kappa shape index (κ2) is 9.02. The van der Waals surface area contributed by atoms with Gasteiger partial charge in [0.05, 0.1) is 3.57 Å². The van der Waals surface area contributed by atoms with Crippen LogP contribution in [0.4, 0.5) is 5.69 Å². The molecule has 164 valence electrons. The van der Waals surface area contributed by atoms with Crippen LogP contribution in [0.3, 0.4) is 0 Å². The van der Waals surface area contributed by atoms with E-state index in [-0.39, 0.29) is 11.3 Å². The maximum absolute atomic E-state index is 12.8. The second-order valence-corrected chi connectivity index (χ2v) is 11.0. The first kappa shape index (κ1) is 23.1. The summed E-state index contributed by atoms with van der Waals surface area (Å²) in [5, 5.41) is 2.99. The Labute approximate surface area is 211 Å². The van der Waals surface area contributed by atoms with Crippen LogP contribution >= 0.6 is 38.5 Å². The van der Waals surface area contributed by atoms with E-state index in [1.54, 1.807) is 0 Å². The van der Waals surface area contributed by atoms with Gasteiger partial charge in [0.25, 0.3) is 5.91 Å². The molecular formula is C27H25BrINO2. The average molecular weight is 602 g/mol. The van der Waals surface area contributed by atoms with Crippen molar-refractivity contribution in [1.29, 1.82) is 0 Å². The normalized spacial score (nSPS) is 14.4. The predicted octanol–water partition coefficient (Wildman–Crippen LogP) is 7.73. The molecule has 0 spiro atoms. The van der Waals surface area contributed by atoms with E-state index in [9.17, 15) is 4.79 Å². The summed E-state index contributed by atoms with van der Waals surface area (Å²) >= 11 is 5.93. The number of amides is 1. The number of hydrogen-bond acceptors (Lipinski definition) is 2. The third-order valence-electron chi connectivity index (χ3n) is 5.57. The van der Waals surface area contributed by atoms with Crippen molar-refractivity contribution in [3.8, 4) is 5.75 Å². The summed E-state index contributed by atoms with van der Waals surface area (Å²) in [5.74, 6) is 0.831. The maximum atomic E-state index is 12.8. The fourth-order valence-corrected chi connectivity index (χ4v) is 5.01. The quantitative estimate of drug-likeness (QED) is 0.245. The Morgan fingerprint density at radius 3 is 2.50 bits per heavy atom. The van der Waals surface area contributed by atoms with Crippen LogP contribution in [0.2, 0.25) is 0 Å². The molecule has 0 aromatic heterocycles. The van der Waals surface area contributed by atoms with E-state index in [1.807, 2.05) is 43.3 Å². The molecule has 3 aromatic carbocycles. The molecule has 32 heavy (non-hydrogen) atoms. The minimum atomic E-state index is -0.116. The maximum Gasteiger partial charge on any atom is 0.256 e. The summed E-state index contributed by atoms with van der Waals surface area (Å²) in [6, 6.07) is 18.3. The zero-order valence-electron chi connectivity index (χ0n) is 18.6.